The number of amides is 3. The van der Waals surface area contributed by atoms with Gasteiger partial charge < -0.3 is 14.7 Å². The fourth-order valence-corrected chi connectivity index (χ4v) is 4.60. The van der Waals surface area contributed by atoms with Gasteiger partial charge in [-0.1, -0.05) is 37.3 Å². The molecule has 0 aromatic heterocycles. The van der Waals surface area contributed by atoms with E-state index in [4.69, 9.17) is 4.99 Å². The summed E-state index contributed by atoms with van der Waals surface area (Å²) in [5, 5.41) is 2.49. The van der Waals surface area contributed by atoms with E-state index < -0.39 is 12.2 Å². The first kappa shape index (κ1) is 20.7. The Labute approximate surface area is 178 Å². The minimum atomic E-state index is -0.452. The Kier molecular flexibility index (Phi) is 6.22. The summed E-state index contributed by atoms with van der Waals surface area (Å²) in [7, 11) is 1.72. The predicted molar refractivity (Wildman–Crippen MR) is 116 cm³/mol. The summed E-state index contributed by atoms with van der Waals surface area (Å²) >= 11 is 0. The van der Waals surface area contributed by atoms with Crippen molar-refractivity contribution in [1.29, 1.82) is 0 Å². The molecular weight excluding hydrogens is 380 g/mol. The first-order valence-electron chi connectivity index (χ1n) is 11.0. The molecule has 8 nitrogen and oxygen atoms in total. The van der Waals surface area contributed by atoms with Gasteiger partial charge in [0, 0.05) is 39.8 Å². The van der Waals surface area contributed by atoms with Gasteiger partial charge in [0.25, 0.3) is 5.91 Å². The Balaban J connectivity index is 1.49. The van der Waals surface area contributed by atoms with Crippen LogP contribution in [-0.2, 0) is 11.2 Å². The number of rotatable bonds is 6. The van der Waals surface area contributed by atoms with Gasteiger partial charge in [0.05, 0.1) is 0 Å². The molecule has 1 N–H and O–H groups in total. The normalized spacial score (nSPS) is 24.7. The second-order valence-electron chi connectivity index (χ2n) is 8.30. The van der Waals surface area contributed by atoms with Crippen LogP contribution in [0.2, 0.25) is 0 Å². The number of imide groups is 1. The first-order valence-corrected chi connectivity index (χ1v) is 11.0. The van der Waals surface area contributed by atoms with Gasteiger partial charge in [0.15, 0.2) is 18.2 Å². The fourth-order valence-electron chi connectivity index (χ4n) is 4.60. The first-order chi connectivity index (χ1) is 14.6. The average Bonchev–Trinajstić information content (AvgIpc) is 3.14. The number of aliphatic imine (C=N–C) groups is 1. The average molecular weight is 413 g/mol. The van der Waals surface area contributed by atoms with Crippen LogP contribution < -0.4 is 5.32 Å². The van der Waals surface area contributed by atoms with Crippen LogP contribution >= 0.6 is 0 Å². The fraction of sp³-hybridized carbons (Fsp3) is 0.591. The third kappa shape index (κ3) is 4.14. The molecule has 8 heteroatoms. The summed E-state index contributed by atoms with van der Waals surface area (Å²) in [5.74, 6) is 0.622. The number of guanidine groups is 1. The number of nitrogens with one attached hydrogen (secondary N) is 1. The molecule has 0 spiro atoms. The molecule has 2 fully saturated rings. The van der Waals surface area contributed by atoms with Crippen LogP contribution in [0.5, 0.6) is 0 Å². The lowest BCUT2D eigenvalue weighted by molar-refractivity contribution is -0.127. The topological polar surface area (TPSA) is 71.5 Å². The zero-order valence-electron chi connectivity index (χ0n) is 18.0. The molecule has 3 aliphatic rings. The van der Waals surface area contributed by atoms with Gasteiger partial charge in [-0.2, -0.15) is 0 Å². The van der Waals surface area contributed by atoms with Crippen LogP contribution in [0, 0.1) is 0 Å². The molecule has 1 aromatic carbocycles. The van der Waals surface area contributed by atoms with Gasteiger partial charge in [-0.05, 0) is 31.4 Å². The molecule has 0 saturated carbocycles. The number of hydrogen-bond acceptors (Lipinski definition) is 6. The molecule has 2 atom stereocenters. The Morgan fingerprint density at radius 1 is 1.07 bits per heavy atom. The summed E-state index contributed by atoms with van der Waals surface area (Å²) in [6.07, 6.45) is 2.58. The Morgan fingerprint density at radius 3 is 2.50 bits per heavy atom. The van der Waals surface area contributed by atoms with E-state index >= 15 is 0 Å². The van der Waals surface area contributed by atoms with Crippen LogP contribution in [0.1, 0.15) is 25.3 Å². The Bertz CT molecular complexity index is 790. The van der Waals surface area contributed by atoms with Crippen LogP contribution in [0.15, 0.2) is 35.3 Å². The molecule has 2 unspecified atom stereocenters. The summed E-state index contributed by atoms with van der Waals surface area (Å²) in [5.41, 5.74) is 1.29. The predicted octanol–water partition coefficient (Wildman–Crippen LogP) is 1.19. The van der Waals surface area contributed by atoms with Crippen molar-refractivity contribution < 1.29 is 9.59 Å². The smallest absolute Gasteiger partial charge is 0.325 e. The van der Waals surface area contributed by atoms with Gasteiger partial charge in [-0.15, -0.1) is 0 Å². The van der Waals surface area contributed by atoms with Crippen molar-refractivity contribution in [1.82, 2.24) is 24.9 Å². The molecule has 162 valence electrons. The van der Waals surface area contributed by atoms with E-state index in [1.165, 1.54) is 5.56 Å². The number of urea groups is 1. The van der Waals surface area contributed by atoms with E-state index in [2.05, 4.69) is 51.2 Å². The molecule has 0 aliphatic carbocycles. The maximum atomic E-state index is 12.7. The summed E-state index contributed by atoms with van der Waals surface area (Å²) in [6, 6.07) is 9.58. The highest BCUT2D eigenvalue weighted by Crippen LogP contribution is 2.26. The van der Waals surface area contributed by atoms with Crippen molar-refractivity contribution in [2.24, 2.45) is 4.99 Å². The molecule has 1 aromatic rings. The highest BCUT2D eigenvalue weighted by atomic mass is 16.2. The minimum Gasteiger partial charge on any atom is -0.340 e. The third-order valence-corrected chi connectivity index (χ3v) is 6.24. The van der Waals surface area contributed by atoms with Crippen molar-refractivity contribution in [2.45, 2.75) is 38.4 Å². The number of likely N-dealkylation sites (N-methyl/N-ethyl adjacent to an activating group) is 1. The molecule has 4 rings (SSSR count). The highest BCUT2D eigenvalue weighted by molar-refractivity contribution is 6.03. The van der Waals surface area contributed by atoms with Crippen LogP contribution in [0.4, 0.5) is 4.79 Å². The zero-order chi connectivity index (χ0) is 21.1. The van der Waals surface area contributed by atoms with Gasteiger partial charge in [-0.3, -0.25) is 15.0 Å². The van der Waals surface area contributed by atoms with Gasteiger partial charge in [0.1, 0.15) is 0 Å². The van der Waals surface area contributed by atoms with E-state index in [0.29, 0.717) is 0 Å². The zero-order valence-corrected chi connectivity index (χ0v) is 18.0. The second kappa shape index (κ2) is 9.04. The monoisotopic (exact) mass is 412 g/mol. The maximum Gasteiger partial charge on any atom is 0.325 e. The van der Waals surface area contributed by atoms with Crippen LogP contribution in [-0.4, -0.2) is 96.0 Å². The quantitative estimate of drug-likeness (QED) is 0.760. The molecule has 2 saturated heterocycles. The molecule has 3 heterocycles. The van der Waals surface area contributed by atoms with Crippen molar-refractivity contribution >= 4 is 17.9 Å². The van der Waals surface area contributed by atoms with Gasteiger partial charge in [-0.25, -0.2) is 9.79 Å². The Morgan fingerprint density at radius 2 is 1.80 bits per heavy atom. The molecule has 3 amide bonds. The highest BCUT2D eigenvalue weighted by Gasteiger charge is 2.49. The van der Waals surface area contributed by atoms with Crippen molar-refractivity contribution in [3.8, 4) is 0 Å². The number of hydrogen-bond donors (Lipinski definition) is 1. The second-order valence-corrected chi connectivity index (χ2v) is 8.30. The molecular formula is C22H32N6O2. The molecule has 0 radical (unpaired) electrons. The lowest BCUT2D eigenvalue weighted by atomic mass is 10.1. The van der Waals surface area contributed by atoms with Crippen molar-refractivity contribution in [2.75, 3.05) is 46.3 Å². The van der Waals surface area contributed by atoms with E-state index in [1.807, 2.05) is 6.07 Å². The Hall–Kier alpha value is -2.61. The van der Waals surface area contributed by atoms with E-state index in [0.717, 1.165) is 64.5 Å². The van der Waals surface area contributed by atoms with Crippen molar-refractivity contribution in [3.05, 3.63) is 35.9 Å². The largest absolute Gasteiger partial charge is 0.340 e. The van der Waals surface area contributed by atoms with E-state index in [9.17, 15) is 9.59 Å². The number of carbonyl (C=O) groups excluding carboxylic acids is 2. The lowest BCUT2D eigenvalue weighted by Gasteiger charge is -2.40. The van der Waals surface area contributed by atoms with E-state index in [-0.39, 0.29) is 11.9 Å². The van der Waals surface area contributed by atoms with Crippen molar-refractivity contribution in [3.63, 3.8) is 0 Å². The van der Waals surface area contributed by atoms with Crippen LogP contribution in [0.3, 0.4) is 0 Å². The molecule has 3 aliphatic heterocycles. The number of piperazine rings is 1. The van der Waals surface area contributed by atoms with Gasteiger partial charge >= 0.3 is 6.03 Å². The maximum absolute atomic E-state index is 12.7. The van der Waals surface area contributed by atoms with E-state index in [1.54, 1.807) is 11.9 Å². The van der Waals surface area contributed by atoms with Crippen LogP contribution in [0.25, 0.3) is 0 Å². The summed E-state index contributed by atoms with van der Waals surface area (Å²) < 4.78 is 0. The molecule has 30 heavy (non-hydrogen) atoms. The number of aryl methyl sites for hydroxylation is 1. The number of nitrogens with zero attached hydrogens (tertiary/aromatic N) is 5. The SMILES string of the molecule is CCCN1CCN(C2=NC3C(C(=O)NC(=O)N3C)N2CCCc2ccccc2)CC1. The summed E-state index contributed by atoms with van der Waals surface area (Å²) in [6.45, 7) is 7.85. The third-order valence-electron chi connectivity index (χ3n) is 6.24. The number of carbonyl (C=O) groups is 2. The minimum absolute atomic E-state index is 0.244. The van der Waals surface area contributed by atoms with Gasteiger partial charge in [0.2, 0.25) is 0 Å². The number of fused-ring (bicyclic) bond motifs is 1. The lowest BCUT2D eigenvalue weighted by Crippen LogP contribution is -2.64. The number of benzene rings is 1. The summed E-state index contributed by atoms with van der Waals surface area (Å²) in [4.78, 5) is 38.2. The standard InChI is InChI=1S/C22H32N6O2/c1-3-11-26-13-15-27(16-14-26)21-23-19-18(20(29)24-22(30)25(19)2)28(21)12-7-10-17-8-5-4-6-9-17/h4-6,8-9,18-19H,3,7,10-16H2,1-2H3,(H,24,29,30). The molecule has 0 bridgehead atoms.